The molecule has 0 saturated heterocycles. The van der Waals surface area contributed by atoms with Gasteiger partial charge in [0.2, 0.25) is 0 Å². The van der Waals surface area contributed by atoms with Gasteiger partial charge in [0.15, 0.2) is 0 Å². The van der Waals surface area contributed by atoms with E-state index in [0.717, 1.165) is 6.42 Å². The molecule has 1 aromatic rings. The van der Waals surface area contributed by atoms with Crippen molar-refractivity contribution in [3.05, 3.63) is 28.3 Å². The molecule has 0 radical (unpaired) electrons. The predicted octanol–water partition coefficient (Wildman–Crippen LogP) is 3.84. The Balaban J connectivity index is 3.40. The molecule has 0 heterocycles. The van der Waals surface area contributed by atoms with E-state index >= 15 is 0 Å². The summed E-state index contributed by atoms with van der Waals surface area (Å²) in [6.07, 6.45) is 0.766. The molecule has 118 valence electrons. The molecule has 1 amide bonds. The van der Waals surface area contributed by atoms with Crippen LogP contribution in [0.15, 0.2) is 17.0 Å². The molecular formula is C14H19Cl2NO3S. The molecule has 0 aliphatic heterocycles. The van der Waals surface area contributed by atoms with E-state index in [1.165, 1.54) is 6.07 Å². The van der Waals surface area contributed by atoms with E-state index in [0.29, 0.717) is 5.56 Å². The predicted molar refractivity (Wildman–Crippen MR) is 85.7 cm³/mol. The maximum absolute atomic E-state index is 12.5. The van der Waals surface area contributed by atoms with Crippen molar-refractivity contribution in [1.82, 2.24) is 4.90 Å². The number of carbonyl (C=O) groups excluding carboxylic acids is 1. The monoisotopic (exact) mass is 351 g/mol. The third-order valence-corrected chi connectivity index (χ3v) is 5.77. The number of benzene rings is 1. The first-order chi connectivity index (χ1) is 9.41. The minimum Gasteiger partial charge on any atom is -0.337 e. The summed E-state index contributed by atoms with van der Waals surface area (Å²) in [5.41, 5.74) is 0.398. The van der Waals surface area contributed by atoms with Crippen molar-refractivity contribution >= 4 is 37.2 Å². The lowest BCUT2D eigenvalue weighted by molar-refractivity contribution is 0.0620. The Labute approximate surface area is 135 Å². The van der Waals surface area contributed by atoms with E-state index in [-0.39, 0.29) is 26.9 Å². The smallest absolute Gasteiger partial charge is 0.262 e. The highest BCUT2D eigenvalue weighted by atomic mass is 35.7. The Morgan fingerprint density at radius 1 is 1.33 bits per heavy atom. The van der Waals surface area contributed by atoms with Crippen LogP contribution in [-0.4, -0.2) is 31.8 Å². The molecule has 0 bridgehead atoms. The van der Waals surface area contributed by atoms with E-state index in [4.69, 9.17) is 22.3 Å². The summed E-state index contributed by atoms with van der Waals surface area (Å²) in [5, 5.41) is 0.0407. The Morgan fingerprint density at radius 2 is 1.86 bits per heavy atom. The number of hydrogen-bond acceptors (Lipinski definition) is 3. The van der Waals surface area contributed by atoms with E-state index in [9.17, 15) is 13.2 Å². The fourth-order valence-corrected chi connectivity index (χ4v) is 3.28. The molecule has 0 fully saturated rings. The molecule has 1 rings (SSSR count). The first-order valence-corrected chi connectivity index (χ1v) is 9.13. The molecule has 0 atom stereocenters. The molecule has 0 aromatic heterocycles. The standard InChI is InChI=1S/C14H19Cl2NO3S/c1-6-14(3,4)17(5)13(18)10-7-9(2)12(15)11(8-10)21(16,19)20/h7-8H,6H2,1-5H3. The first kappa shape index (κ1) is 18.3. The Hall–Kier alpha value is -0.780. The van der Waals surface area contributed by atoms with E-state index < -0.39 is 9.05 Å². The fourth-order valence-electron chi connectivity index (χ4n) is 1.74. The summed E-state index contributed by atoms with van der Waals surface area (Å²) < 4.78 is 23.1. The molecule has 4 nitrogen and oxygen atoms in total. The van der Waals surface area contributed by atoms with Gasteiger partial charge in [-0.1, -0.05) is 18.5 Å². The summed E-state index contributed by atoms with van der Waals surface area (Å²) in [6.45, 7) is 7.49. The SMILES string of the molecule is CCC(C)(C)N(C)C(=O)c1cc(C)c(Cl)c(S(=O)(=O)Cl)c1. The van der Waals surface area contributed by atoms with Crippen LogP contribution < -0.4 is 0 Å². The van der Waals surface area contributed by atoms with Gasteiger partial charge in [-0.15, -0.1) is 0 Å². The lowest BCUT2D eigenvalue weighted by Gasteiger charge is -2.35. The Kier molecular flexibility index (Phi) is 5.35. The third-order valence-electron chi connectivity index (χ3n) is 3.81. The minimum atomic E-state index is -4.01. The molecule has 0 saturated carbocycles. The molecule has 0 unspecified atom stereocenters. The normalized spacial score (nSPS) is 12.3. The molecule has 0 aliphatic carbocycles. The van der Waals surface area contributed by atoms with Crippen molar-refractivity contribution in [3.8, 4) is 0 Å². The largest absolute Gasteiger partial charge is 0.337 e. The molecule has 0 N–H and O–H groups in total. The van der Waals surface area contributed by atoms with Gasteiger partial charge in [0.1, 0.15) is 4.90 Å². The number of nitrogens with zero attached hydrogens (tertiary/aromatic N) is 1. The van der Waals surface area contributed by atoms with Crippen LogP contribution in [0.4, 0.5) is 0 Å². The second kappa shape index (κ2) is 6.15. The quantitative estimate of drug-likeness (QED) is 0.774. The van der Waals surface area contributed by atoms with Crippen LogP contribution >= 0.6 is 22.3 Å². The molecule has 0 spiro atoms. The summed E-state index contributed by atoms with van der Waals surface area (Å²) in [4.78, 5) is 13.9. The van der Waals surface area contributed by atoms with Gasteiger partial charge >= 0.3 is 0 Å². The number of carbonyl (C=O) groups is 1. The van der Waals surface area contributed by atoms with Crippen molar-refractivity contribution in [2.45, 2.75) is 44.6 Å². The average molecular weight is 352 g/mol. The van der Waals surface area contributed by atoms with E-state index in [1.54, 1.807) is 24.9 Å². The van der Waals surface area contributed by atoms with Crippen molar-refractivity contribution in [3.63, 3.8) is 0 Å². The van der Waals surface area contributed by atoms with Gasteiger partial charge in [-0.05, 0) is 44.9 Å². The maximum Gasteiger partial charge on any atom is 0.262 e. The molecule has 7 heteroatoms. The van der Waals surface area contributed by atoms with Gasteiger partial charge in [-0.3, -0.25) is 4.79 Å². The fraction of sp³-hybridized carbons (Fsp3) is 0.500. The minimum absolute atomic E-state index is 0.0407. The Bertz CT molecular complexity index is 669. The number of halogens is 2. The molecular weight excluding hydrogens is 333 g/mol. The summed E-state index contributed by atoms with van der Waals surface area (Å²) in [7, 11) is 3.05. The van der Waals surface area contributed by atoms with Crippen LogP contribution in [0, 0.1) is 6.92 Å². The first-order valence-electron chi connectivity index (χ1n) is 6.44. The highest BCUT2D eigenvalue weighted by molar-refractivity contribution is 8.13. The second-order valence-electron chi connectivity index (χ2n) is 5.57. The number of hydrogen-bond donors (Lipinski definition) is 0. The van der Waals surface area contributed by atoms with E-state index in [1.807, 2.05) is 20.8 Å². The highest BCUT2D eigenvalue weighted by Crippen LogP contribution is 2.30. The number of rotatable bonds is 4. The summed E-state index contributed by atoms with van der Waals surface area (Å²) >= 11 is 5.96. The molecule has 1 aromatic carbocycles. The van der Waals surface area contributed by atoms with Crippen molar-refractivity contribution < 1.29 is 13.2 Å². The summed E-state index contributed by atoms with van der Waals surface area (Å²) in [5.74, 6) is -0.275. The van der Waals surface area contributed by atoms with Crippen LogP contribution in [-0.2, 0) is 9.05 Å². The molecule has 0 aliphatic rings. The van der Waals surface area contributed by atoms with E-state index in [2.05, 4.69) is 0 Å². The van der Waals surface area contributed by atoms with Gasteiger partial charge in [-0.25, -0.2) is 8.42 Å². The lowest BCUT2D eigenvalue weighted by atomic mass is 9.98. The van der Waals surface area contributed by atoms with Gasteiger partial charge in [0.25, 0.3) is 15.0 Å². The van der Waals surface area contributed by atoms with Crippen LogP contribution in [0.1, 0.15) is 43.1 Å². The van der Waals surface area contributed by atoms with Crippen LogP contribution in [0.3, 0.4) is 0 Å². The zero-order valence-corrected chi connectivity index (χ0v) is 15.0. The topological polar surface area (TPSA) is 54.5 Å². The van der Waals surface area contributed by atoms with Crippen LogP contribution in [0.2, 0.25) is 5.02 Å². The lowest BCUT2D eigenvalue weighted by Crippen LogP contribution is -2.44. The zero-order chi connectivity index (χ0) is 16.6. The maximum atomic E-state index is 12.5. The summed E-state index contributed by atoms with van der Waals surface area (Å²) in [6, 6.07) is 2.79. The van der Waals surface area contributed by atoms with Gasteiger partial charge in [-0.2, -0.15) is 0 Å². The second-order valence-corrected chi connectivity index (χ2v) is 8.49. The zero-order valence-electron chi connectivity index (χ0n) is 12.7. The highest BCUT2D eigenvalue weighted by Gasteiger charge is 2.28. The van der Waals surface area contributed by atoms with Crippen LogP contribution in [0.5, 0.6) is 0 Å². The number of amides is 1. The Morgan fingerprint density at radius 3 is 2.29 bits per heavy atom. The van der Waals surface area contributed by atoms with Crippen molar-refractivity contribution in [1.29, 1.82) is 0 Å². The van der Waals surface area contributed by atoms with Gasteiger partial charge in [0, 0.05) is 28.8 Å². The average Bonchev–Trinajstić information content (AvgIpc) is 2.38. The molecule has 21 heavy (non-hydrogen) atoms. The third kappa shape index (κ3) is 3.90. The number of aryl methyl sites for hydroxylation is 1. The van der Waals surface area contributed by atoms with Gasteiger partial charge < -0.3 is 4.90 Å². The van der Waals surface area contributed by atoms with Gasteiger partial charge in [0.05, 0.1) is 5.02 Å². The van der Waals surface area contributed by atoms with Crippen molar-refractivity contribution in [2.24, 2.45) is 0 Å². The van der Waals surface area contributed by atoms with Crippen LogP contribution in [0.25, 0.3) is 0 Å². The van der Waals surface area contributed by atoms with Crippen molar-refractivity contribution in [2.75, 3.05) is 7.05 Å².